The zero-order chi connectivity index (χ0) is 21.0. The van der Waals surface area contributed by atoms with Crippen LogP contribution in [0.4, 0.5) is 0 Å². The van der Waals surface area contributed by atoms with E-state index >= 15 is 0 Å². The summed E-state index contributed by atoms with van der Waals surface area (Å²) in [5.41, 5.74) is 1.29. The SMILES string of the molecule is CCOC(=O)CCCCC[n+]1ccc(-c2nc3cc(Cl)c(O)c(Cl)c3o2)c(Cl)c1. The van der Waals surface area contributed by atoms with Crippen molar-refractivity contribution in [3.63, 3.8) is 0 Å². The van der Waals surface area contributed by atoms with Crippen molar-refractivity contribution < 1.29 is 23.6 Å². The number of halogens is 3. The Morgan fingerprint density at radius 3 is 2.76 bits per heavy atom. The summed E-state index contributed by atoms with van der Waals surface area (Å²) in [6, 6.07) is 3.29. The van der Waals surface area contributed by atoms with Gasteiger partial charge in [0, 0.05) is 18.9 Å². The van der Waals surface area contributed by atoms with Gasteiger partial charge in [0.25, 0.3) is 0 Å². The zero-order valence-electron chi connectivity index (χ0n) is 15.8. The third-order valence-electron chi connectivity index (χ3n) is 4.35. The molecule has 1 N–H and O–H groups in total. The zero-order valence-corrected chi connectivity index (χ0v) is 18.0. The molecule has 0 amide bonds. The fraction of sp³-hybridized carbons (Fsp3) is 0.350. The number of phenols is 1. The molecule has 2 aromatic heterocycles. The van der Waals surface area contributed by atoms with Crippen LogP contribution in [-0.2, 0) is 16.1 Å². The number of pyridine rings is 1. The van der Waals surface area contributed by atoms with Gasteiger partial charge in [0.15, 0.2) is 23.7 Å². The Bertz CT molecular complexity index is 1040. The molecule has 0 unspecified atom stereocenters. The van der Waals surface area contributed by atoms with E-state index in [1.54, 1.807) is 19.2 Å². The van der Waals surface area contributed by atoms with Crippen molar-refractivity contribution in [1.29, 1.82) is 0 Å². The van der Waals surface area contributed by atoms with Gasteiger partial charge >= 0.3 is 5.97 Å². The lowest BCUT2D eigenvalue weighted by Gasteiger charge is -2.02. The van der Waals surface area contributed by atoms with Crippen LogP contribution in [-0.4, -0.2) is 22.7 Å². The molecule has 1 aromatic carbocycles. The first-order chi connectivity index (χ1) is 13.9. The third-order valence-corrected chi connectivity index (χ3v) is 5.29. The van der Waals surface area contributed by atoms with E-state index in [1.807, 2.05) is 10.8 Å². The number of ether oxygens (including phenoxy) is 1. The number of oxazole rings is 1. The second kappa shape index (κ2) is 9.65. The molecule has 0 aliphatic carbocycles. The summed E-state index contributed by atoms with van der Waals surface area (Å²) in [6.07, 6.45) is 6.74. The topological polar surface area (TPSA) is 76.4 Å². The average molecular weight is 459 g/mol. The number of rotatable bonds is 8. The maximum atomic E-state index is 11.3. The summed E-state index contributed by atoms with van der Waals surface area (Å²) in [5.74, 6) is -0.112. The van der Waals surface area contributed by atoms with Gasteiger partial charge < -0.3 is 14.3 Å². The molecule has 0 saturated heterocycles. The van der Waals surface area contributed by atoms with E-state index < -0.39 is 0 Å². The number of aryl methyl sites for hydroxylation is 1. The normalized spacial score (nSPS) is 11.2. The molecule has 29 heavy (non-hydrogen) atoms. The van der Waals surface area contributed by atoms with Gasteiger partial charge in [0.05, 0.1) is 17.2 Å². The number of fused-ring (bicyclic) bond motifs is 1. The molecule has 0 saturated carbocycles. The fourth-order valence-corrected chi connectivity index (χ4v) is 3.65. The highest BCUT2D eigenvalue weighted by Crippen LogP contribution is 2.40. The fourth-order valence-electron chi connectivity index (χ4n) is 2.90. The van der Waals surface area contributed by atoms with Crippen molar-refractivity contribution in [2.75, 3.05) is 6.61 Å². The number of hydrogen-bond acceptors (Lipinski definition) is 5. The number of aromatic hydroxyl groups is 1. The number of phenolic OH excluding ortho intramolecular Hbond substituents is 1. The molecule has 2 heterocycles. The van der Waals surface area contributed by atoms with Gasteiger partial charge in [-0.15, -0.1) is 0 Å². The Labute approximate surface area is 183 Å². The summed E-state index contributed by atoms with van der Waals surface area (Å²) >= 11 is 18.4. The van der Waals surface area contributed by atoms with Crippen molar-refractivity contribution >= 4 is 51.9 Å². The van der Waals surface area contributed by atoms with Gasteiger partial charge in [-0.1, -0.05) is 34.8 Å². The van der Waals surface area contributed by atoms with E-state index in [-0.39, 0.29) is 33.2 Å². The Balaban J connectivity index is 1.66. The lowest BCUT2D eigenvalue weighted by Crippen LogP contribution is -2.32. The first kappa shape index (κ1) is 21.7. The molecule has 0 aliphatic rings. The average Bonchev–Trinajstić information content (AvgIpc) is 3.10. The monoisotopic (exact) mass is 457 g/mol. The quantitative estimate of drug-likeness (QED) is 0.271. The number of benzene rings is 1. The summed E-state index contributed by atoms with van der Waals surface area (Å²) < 4.78 is 12.6. The maximum absolute atomic E-state index is 11.3. The van der Waals surface area contributed by atoms with Crippen LogP contribution < -0.4 is 4.57 Å². The number of aromatic nitrogens is 2. The number of esters is 1. The maximum Gasteiger partial charge on any atom is 0.305 e. The van der Waals surface area contributed by atoms with Gasteiger partial charge in [0.1, 0.15) is 22.1 Å². The number of nitrogens with zero attached hydrogens (tertiary/aromatic N) is 2. The van der Waals surface area contributed by atoms with Crippen LogP contribution >= 0.6 is 34.8 Å². The first-order valence-electron chi connectivity index (χ1n) is 9.22. The van der Waals surface area contributed by atoms with Gasteiger partial charge in [-0.25, -0.2) is 9.55 Å². The van der Waals surface area contributed by atoms with E-state index in [2.05, 4.69) is 4.98 Å². The Hall–Kier alpha value is -2.02. The molecule has 0 aliphatic heterocycles. The van der Waals surface area contributed by atoms with Crippen LogP contribution in [0.5, 0.6) is 5.75 Å². The summed E-state index contributed by atoms with van der Waals surface area (Å²) in [6.45, 7) is 2.99. The van der Waals surface area contributed by atoms with Gasteiger partial charge in [0.2, 0.25) is 5.89 Å². The van der Waals surface area contributed by atoms with Gasteiger partial charge in [-0.2, -0.15) is 0 Å². The minimum Gasteiger partial charge on any atom is -0.505 e. The van der Waals surface area contributed by atoms with Crippen molar-refractivity contribution in [3.05, 3.63) is 39.6 Å². The number of carbonyl (C=O) groups excluding carboxylic acids is 1. The second-order valence-electron chi connectivity index (χ2n) is 6.45. The molecule has 3 rings (SSSR count). The Morgan fingerprint density at radius 2 is 2.03 bits per heavy atom. The molecule has 3 aromatic rings. The minimum atomic E-state index is -0.247. The summed E-state index contributed by atoms with van der Waals surface area (Å²) in [4.78, 5) is 15.7. The second-order valence-corrected chi connectivity index (χ2v) is 7.64. The largest absolute Gasteiger partial charge is 0.505 e. The van der Waals surface area contributed by atoms with Crippen LogP contribution in [0.15, 0.2) is 28.9 Å². The smallest absolute Gasteiger partial charge is 0.305 e. The molecule has 0 fully saturated rings. The lowest BCUT2D eigenvalue weighted by atomic mass is 10.2. The minimum absolute atomic E-state index is 0.0104. The molecule has 0 bridgehead atoms. The van der Waals surface area contributed by atoms with Crippen molar-refractivity contribution in [3.8, 4) is 17.2 Å². The van der Waals surface area contributed by atoms with Crippen molar-refractivity contribution in [2.45, 2.75) is 39.2 Å². The van der Waals surface area contributed by atoms with E-state index in [9.17, 15) is 9.90 Å². The molecule has 0 spiro atoms. The molecule has 0 atom stereocenters. The molecule has 0 radical (unpaired) electrons. The van der Waals surface area contributed by atoms with E-state index in [0.717, 1.165) is 25.8 Å². The van der Waals surface area contributed by atoms with Crippen LogP contribution in [0, 0.1) is 0 Å². The predicted octanol–water partition coefficient (Wildman–Crippen LogP) is 5.57. The van der Waals surface area contributed by atoms with E-state index in [0.29, 0.717) is 29.1 Å². The lowest BCUT2D eigenvalue weighted by molar-refractivity contribution is -0.697. The number of carbonyl (C=O) groups is 1. The summed E-state index contributed by atoms with van der Waals surface area (Å²) in [7, 11) is 0. The Kier molecular flexibility index (Phi) is 7.22. The molecule has 154 valence electrons. The van der Waals surface area contributed by atoms with Crippen LogP contribution in [0.1, 0.15) is 32.6 Å². The van der Waals surface area contributed by atoms with E-state index in [1.165, 1.54) is 6.07 Å². The molecule has 9 heteroatoms. The predicted molar refractivity (Wildman–Crippen MR) is 111 cm³/mol. The summed E-state index contributed by atoms with van der Waals surface area (Å²) in [5, 5.41) is 10.4. The number of unbranched alkanes of at least 4 members (excludes halogenated alkanes) is 2. The first-order valence-corrected chi connectivity index (χ1v) is 10.4. The van der Waals surface area contributed by atoms with Gasteiger partial charge in [-0.05, 0) is 25.8 Å². The van der Waals surface area contributed by atoms with Crippen LogP contribution in [0.2, 0.25) is 15.1 Å². The number of hydrogen-bond donors (Lipinski definition) is 1. The Morgan fingerprint density at radius 1 is 1.24 bits per heavy atom. The standard InChI is InChI=1S/C20H19Cl3N2O4/c1-2-28-16(26)6-4-3-5-8-25-9-7-12(14(22)11-25)20-24-15-10-13(21)18(27)17(23)19(15)29-20/h7,9-11H,2-6,8H2,1H3/p+1. The van der Waals surface area contributed by atoms with Crippen LogP contribution in [0.25, 0.3) is 22.6 Å². The highest BCUT2D eigenvalue weighted by Gasteiger charge is 2.19. The van der Waals surface area contributed by atoms with E-state index in [4.69, 9.17) is 44.0 Å². The van der Waals surface area contributed by atoms with Crippen LogP contribution in [0.3, 0.4) is 0 Å². The highest BCUT2D eigenvalue weighted by molar-refractivity contribution is 6.40. The molecular formula is C20H20Cl3N2O4+. The highest BCUT2D eigenvalue weighted by atomic mass is 35.5. The molecular weight excluding hydrogens is 439 g/mol. The van der Waals surface area contributed by atoms with Crippen molar-refractivity contribution in [1.82, 2.24) is 4.98 Å². The third kappa shape index (κ3) is 5.13. The van der Waals surface area contributed by atoms with Gasteiger partial charge in [-0.3, -0.25) is 4.79 Å². The van der Waals surface area contributed by atoms with Crippen molar-refractivity contribution in [2.24, 2.45) is 0 Å². The molecule has 6 nitrogen and oxygen atoms in total.